The smallest absolute Gasteiger partial charge is 0.226 e. The van der Waals surface area contributed by atoms with Gasteiger partial charge in [-0.05, 0) is 36.4 Å². The molecule has 0 aliphatic rings. The van der Waals surface area contributed by atoms with Crippen LogP contribution < -0.4 is 4.74 Å². The molecule has 0 aliphatic carbocycles. The lowest BCUT2D eigenvalue weighted by Gasteiger charge is -2.10. The van der Waals surface area contributed by atoms with E-state index in [1.54, 1.807) is 25.1 Å². The standard InChI is InChI=1S/C25H20N4O2S/c1-30-22-14-8-11-19(15-22)23-27-28-25(29(23)21-12-6-3-7-13-21)32-17-20-16-31-24(26-20)18-9-4-2-5-10-18/h2-16H,17H2,1H3. The Balaban J connectivity index is 1.45. The summed E-state index contributed by atoms with van der Waals surface area (Å²) in [5.74, 6) is 2.75. The van der Waals surface area contributed by atoms with E-state index in [1.807, 2.05) is 84.9 Å². The highest BCUT2D eigenvalue weighted by atomic mass is 32.2. The molecule has 0 aliphatic heterocycles. The van der Waals surface area contributed by atoms with E-state index in [4.69, 9.17) is 9.15 Å². The quantitative estimate of drug-likeness (QED) is 0.294. The van der Waals surface area contributed by atoms with Crippen LogP contribution in [0.15, 0.2) is 101 Å². The molecule has 0 unspecified atom stereocenters. The van der Waals surface area contributed by atoms with E-state index in [0.717, 1.165) is 39.2 Å². The molecule has 0 saturated heterocycles. The van der Waals surface area contributed by atoms with E-state index in [-0.39, 0.29) is 0 Å². The Labute approximate surface area is 189 Å². The maximum absolute atomic E-state index is 5.67. The largest absolute Gasteiger partial charge is 0.497 e. The van der Waals surface area contributed by atoms with Gasteiger partial charge in [0, 0.05) is 22.6 Å². The van der Waals surface area contributed by atoms with Gasteiger partial charge in [0.2, 0.25) is 5.89 Å². The lowest BCUT2D eigenvalue weighted by atomic mass is 10.2. The molecule has 3 aromatic carbocycles. The molecule has 0 saturated carbocycles. The summed E-state index contributed by atoms with van der Waals surface area (Å²) >= 11 is 1.56. The SMILES string of the molecule is COc1cccc(-c2nnc(SCc3coc(-c4ccccc4)n3)n2-c2ccccc2)c1. The highest BCUT2D eigenvalue weighted by molar-refractivity contribution is 7.98. The summed E-state index contributed by atoms with van der Waals surface area (Å²) in [6.45, 7) is 0. The number of benzene rings is 3. The first-order chi connectivity index (χ1) is 15.8. The van der Waals surface area contributed by atoms with Crippen molar-refractivity contribution in [1.82, 2.24) is 19.7 Å². The molecule has 2 aromatic heterocycles. The van der Waals surface area contributed by atoms with Gasteiger partial charge >= 0.3 is 0 Å². The van der Waals surface area contributed by atoms with Crippen molar-refractivity contribution in [2.24, 2.45) is 0 Å². The third-order valence-electron chi connectivity index (χ3n) is 4.90. The molecule has 7 heteroatoms. The summed E-state index contributed by atoms with van der Waals surface area (Å²) in [6.07, 6.45) is 1.70. The molecule has 0 fully saturated rings. The number of ether oxygens (including phenoxy) is 1. The predicted molar refractivity (Wildman–Crippen MR) is 125 cm³/mol. The van der Waals surface area contributed by atoms with Crippen molar-refractivity contribution in [3.05, 3.63) is 96.9 Å². The first kappa shape index (κ1) is 20.1. The lowest BCUT2D eigenvalue weighted by Crippen LogP contribution is -2.00. The highest BCUT2D eigenvalue weighted by Gasteiger charge is 2.17. The van der Waals surface area contributed by atoms with Crippen LogP contribution in [-0.2, 0) is 5.75 Å². The van der Waals surface area contributed by atoms with Gasteiger partial charge in [-0.1, -0.05) is 60.3 Å². The molecular weight excluding hydrogens is 420 g/mol. The number of oxazole rings is 1. The van der Waals surface area contributed by atoms with Crippen LogP contribution in [0.25, 0.3) is 28.5 Å². The summed E-state index contributed by atoms with van der Waals surface area (Å²) in [5.41, 5.74) is 3.72. The van der Waals surface area contributed by atoms with Gasteiger partial charge in [-0.3, -0.25) is 4.57 Å². The fraction of sp³-hybridized carbons (Fsp3) is 0.0800. The molecule has 0 amide bonds. The molecular formula is C25H20N4O2S. The van der Waals surface area contributed by atoms with Gasteiger partial charge in [0.1, 0.15) is 12.0 Å². The molecule has 0 spiro atoms. The highest BCUT2D eigenvalue weighted by Crippen LogP contribution is 2.31. The number of methoxy groups -OCH3 is 1. The molecule has 0 bridgehead atoms. The van der Waals surface area contributed by atoms with Crippen LogP contribution >= 0.6 is 11.8 Å². The molecule has 0 atom stereocenters. The van der Waals surface area contributed by atoms with Gasteiger partial charge in [0.15, 0.2) is 11.0 Å². The molecule has 32 heavy (non-hydrogen) atoms. The van der Waals surface area contributed by atoms with E-state index in [2.05, 4.69) is 19.7 Å². The average molecular weight is 441 g/mol. The van der Waals surface area contributed by atoms with E-state index in [9.17, 15) is 0 Å². The summed E-state index contributed by atoms with van der Waals surface area (Å²) in [5, 5.41) is 9.75. The number of nitrogens with zero attached hydrogens (tertiary/aromatic N) is 4. The summed E-state index contributed by atoms with van der Waals surface area (Å²) in [4.78, 5) is 4.62. The van der Waals surface area contributed by atoms with Crippen molar-refractivity contribution < 1.29 is 9.15 Å². The van der Waals surface area contributed by atoms with Crippen molar-refractivity contribution in [1.29, 1.82) is 0 Å². The summed E-state index contributed by atoms with van der Waals surface area (Å²) < 4.78 is 13.1. The Bertz CT molecular complexity index is 1320. The first-order valence-corrected chi connectivity index (χ1v) is 11.1. The molecule has 5 aromatic rings. The number of thioether (sulfide) groups is 1. The van der Waals surface area contributed by atoms with Crippen LogP contribution in [0.5, 0.6) is 5.75 Å². The minimum atomic E-state index is 0.611. The molecule has 158 valence electrons. The van der Waals surface area contributed by atoms with E-state index >= 15 is 0 Å². The second-order valence-electron chi connectivity index (χ2n) is 7.01. The zero-order valence-corrected chi connectivity index (χ0v) is 18.2. The molecule has 0 N–H and O–H groups in total. The van der Waals surface area contributed by atoms with Crippen molar-refractivity contribution in [3.8, 4) is 34.3 Å². The maximum Gasteiger partial charge on any atom is 0.226 e. The van der Waals surface area contributed by atoms with Gasteiger partial charge in [-0.25, -0.2) is 4.98 Å². The fourth-order valence-corrected chi connectivity index (χ4v) is 4.18. The monoisotopic (exact) mass is 440 g/mol. The topological polar surface area (TPSA) is 66.0 Å². The van der Waals surface area contributed by atoms with Crippen LogP contribution in [-0.4, -0.2) is 26.9 Å². The number of hydrogen-bond acceptors (Lipinski definition) is 6. The molecule has 6 nitrogen and oxygen atoms in total. The third-order valence-corrected chi connectivity index (χ3v) is 5.86. The second kappa shape index (κ2) is 9.11. The van der Waals surface area contributed by atoms with Gasteiger partial charge in [0.25, 0.3) is 0 Å². The van der Waals surface area contributed by atoms with Crippen LogP contribution in [0.1, 0.15) is 5.69 Å². The van der Waals surface area contributed by atoms with Gasteiger partial charge < -0.3 is 9.15 Å². The Morgan fingerprint density at radius 1 is 0.875 bits per heavy atom. The van der Waals surface area contributed by atoms with Crippen molar-refractivity contribution in [2.75, 3.05) is 7.11 Å². The zero-order valence-electron chi connectivity index (χ0n) is 17.4. The van der Waals surface area contributed by atoms with Gasteiger partial charge in [-0.2, -0.15) is 0 Å². The maximum atomic E-state index is 5.67. The lowest BCUT2D eigenvalue weighted by molar-refractivity contribution is 0.415. The number of rotatable bonds is 7. The van der Waals surface area contributed by atoms with Crippen LogP contribution in [0.4, 0.5) is 0 Å². The Morgan fingerprint density at radius 3 is 2.41 bits per heavy atom. The summed E-state index contributed by atoms with van der Waals surface area (Å²) in [7, 11) is 1.66. The van der Waals surface area contributed by atoms with Crippen molar-refractivity contribution >= 4 is 11.8 Å². The van der Waals surface area contributed by atoms with Gasteiger partial charge in [0.05, 0.1) is 12.8 Å². The summed E-state index contributed by atoms with van der Waals surface area (Å²) in [6, 6.07) is 27.8. The number of aromatic nitrogens is 4. The second-order valence-corrected chi connectivity index (χ2v) is 7.95. The average Bonchev–Trinajstić information content (AvgIpc) is 3.51. The Hall–Kier alpha value is -3.84. The predicted octanol–water partition coefficient (Wildman–Crippen LogP) is 5.89. The first-order valence-electron chi connectivity index (χ1n) is 10.1. The number of hydrogen-bond donors (Lipinski definition) is 0. The van der Waals surface area contributed by atoms with Crippen molar-refractivity contribution in [2.45, 2.75) is 10.9 Å². The van der Waals surface area contributed by atoms with E-state index in [1.165, 1.54) is 0 Å². The Kier molecular flexibility index (Phi) is 5.72. The van der Waals surface area contributed by atoms with Crippen LogP contribution in [0, 0.1) is 0 Å². The zero-order chi connectivity index (χ0) is 21.8. The van der Waals surface area contributed by atoms with E-state index in [0.29, 0.717) is 11.6 Å². The third kappa shape index (κ3) is 4.15. The van der Waals surface area contributed by atoms with Crippen LogP contribution in [0.3, 0.4) is 0 Å². The van der Waals surface area contributed by atoms with Crippen LogP contribution in [0.2, 0.25) is 0 Å². The minimum absolute atomic E-state index is 0.611. The molecule has 5 rings (SSSR count). The van der Waals surface area contributed by atoms with Crippen molar-refractivity contribution in [3.63, 3.8) is 0 Å². The fourth-order valence-electron chi connectivity index (χ4n) is 3.35. The molecule has 0 radical (unpaired) electrons. The minimum Gasteiger partial charge on any atom is -0.497 e. The molecule has 2 heterocycles. The normalized spacial score (nSPS) is 10.9. The van der Waals surface area contributed by atoms with E-state index < -0.39 is 0 Å². The Morgan fingerprint density at radius 2 is 1.62 bits per heavy atom. The number of para-hydroxylation sites is 1. The van der Waals surface area contributed by atoms with Gasteiger partial charge in [-0.15, -0.1) is 10.2 Å².